The summed E-state index contributed by atoms with van der Waals surface area (Å²) < 4.78 is 5.57. The molecule has 1 N–H and O–H groups in total. The monoisotopic (exact) mass is 270 g/mol. The van der Waals surface area contributed by atoms with Crippen LogP contribution in [0.5, 0.6) is 5.88 Å². The molecule has 5 nitrogen and oxygen atoms in total. The average molecular weight is 270 g/mol. The maximum atomic E-state index is 11.1. The van der Waals surface area contributed by atoms with Gasteiger partial charge in [-0.3, -0.25) is 0 Å². The van der Waals surface area contributed by atoms with Crippen LogP contribution in [0.15, 0.2) is 36.4 Å². The van der Waals surface area contributed by atoms with Gasteiger partial charge in [0.1, 0.15) is 0 Å². The van der Waals surface area contributed by atoms with E-state index < -0.39 is 5.97 Å². The van der Waals surface area contributed by atoms with E-state index in [2.05, 4.69) is 9.97 Å². The zero-order valence-corrected chi connectivity index (χ0v) is 10.8. The molecule has 1 aromatic heterocycles. The van der Waals surface area contributed by atoms with Gasteiger partial charge in [0, 0.05) is 11.6 Å². The molecule has 1 fully saturated rings. The smallest absolute Gasteiger partial charge is 0.354 e. The molecule has 1 aromatic carbocycles. The van der Waals surface area contributed by atoms with E-state index >= 15 is 0 Å². The highest BCUT2D eigenvalue weighted by Crippen LogP contribution is 2.29. The SMILES string of the molecule is O=C(O)c1cc(OCC2CC2)nc(-c2ccccc2)n1. The van der Waals surface area contributed by atoms with Gasteiger partial charge in [-0.05, 0) is 18.8 Å². The van der Waals surface area contributed by atoms with Crippen molar-refractivity contribution < 1.29 is 14.6 Å². The molecule has 1 aliphatic carbocycles. The topological polar surface area (TPSA) is 72.3 Å². The number of nitrogens with zero attached hydrogens (tertiary/aromatic N) is 2. The van der Waals surface area contributed by atoms with E-state index in [1.54, 1.807) is 0 Å². The third-order valence-corrected chi connectivity index (χ3v) is 3.12. The van der Waals surface area contributed by atoms with E-state index in [1.165, 1.54) is 18.9 Å². The van der Waals surface area contributed by atoms with Gasteiger partial charge in [-0.2, -0.15) is 4.98 Å². The lowest BCUT2D eigenvalue weighted by Gasteiger charge is -2.07. The summed E-state index contributed by atoms with van der Waals surface area (Å²) >= 11 is 0. The van der Waals surface area contributed by atoms with Crippen LogP contribution in [-0.4, -0.2) is 27.7 Å². The third-order valence-electron chi connectivity index (χ3n) is 3.12. The van der Waals surface area contributed by atoms with E-state index in [9.17, 15) is 4.79 Å². The Labute approximate surface area is 116 Å². The molecule has 0 aliphatic heterocycles. The summed E-state index contributed by atoms with van der Waals surface area (Å²) in [5.41, 5.74) is 0.719. The second-order valence-electron chi connectivity index (χ2n) is 4.84. The molecule has 0 atom stereocenters. The van der Waals surface area contributed by atoms with Crippen LogP contribution in [0.2, 0.25) is 0 Å². The molecule has 1 heterocycles. The summed E-state index contributed by atoms with van der Waals surface area (Å²) in [7, 11) is 0. The lowest BCUT2D eigenvalue weighted by molar-refractivity contribution is 0.0689. The lowest BCUT2D eigenvalue weighted by Crippen LogP contribution is -2.07. The highest BCUT2D eigenvalue weighted by Gasteiger charge is 2.22. The largest absolute Gasteiger partial charge is 0.477 e. The molecule has 5 heteroatoms. The number of aromatic carboxylic acids is 1. The van der Waals surface area contributed by atoms with Gasteiger partial charge in [0.25, 0.3) is 0 Å². The standard InChI is InChI=1S/C15H14N2O3/c18-15(19)12-8-13(20-9-10-6-7-10)17-14(16-12)11-4-2-1-3-5-11/h1-5,8,10H,6-7,9H2,(H,18,19). The van der Waals surface area contributed by atoms with Gasteiger partial charge < -0.3 is 9.84 Å². The molecule has 20 heavy (non-hydrogen) atoms. The number of hydrogen-bond acceptors (Lipinski definition) is 4. The summed E-state index contributed by atoms with van der Waals surface area (Å²) in [4.78, 5) is 19.5. The van der Waals surface area contributed by atoms with Crippen LogP contribution in [0.3, 0.4) is 0 Å². The highest BCUT2D eigenvalue weighted by molar-refractivity contribution is 5.86. The first-order valence-electron chi connectivity index (χ1n) is 6.53. The Morgan fingerprint density at radius 1 is 1.25 bits per heavy atom. The number of aromatic nitrogens is 2. The van der Waals surface area contributed by atoms with Gasteiger partial charge >= 0.3 is 5.97 Å². The molecule has 0 radical (unpaired) electrons. The minimum atomic E-state index is -1.08. The number of hydrogen-bond donors (Lipinski definition) is 1. The first-order chi connectivity index (χ1) is 9.72. The molecule has 0 bridgehead atoms. The van der Waals surface area contributed by atoms with Crippen LogP contribution in [-0.2, 0) is 0 Å². The van der Waals surface area contributed by atoms with Gasteiger partial charge in [-0.25, -0.2) is 9.78 Å². The Kier molecular flexibility index (Phi) is 3.33. The van der Waals surface area contributed by atoms with Crippen molar-refractivity contribution in [3.63, 3.8) is 0 Å². The summed E-state index contributed by atoms with van der Waals surface area (Å²) in [6.07, 6.45) is 2.34. The molecule has 102 valence electrons. The minimum Gasteiger partial charge on any atom is -0.477 e. The predicted octanol–water partition coefficient (Wildman–Crippen LogP) is 2.63. The summed E-state index contributed by atoms with van der Waals surface area (Å²) in [5, 5.41) is 9.12. The summed E-state index contributed by atoms with van der Waals surface area (Å²) in [6, 6.07) is 10.6. The van der Waals surface area contributed by atoms with E-state index in [0.29, 0.717) is 24.2 Å². The number of carboxylic acids is 1. The fourth-order valence-electron chi connectivity index (χ4n) is 1.81. The van der Waals surface area contributed by atoms with E-state index in [0.717, 1.165) is 5.56 Å². The summed E-state index contributed by atoms with van der Waals surface area (Å²) in [6.45, 7) is 0.588. The van der Waals surface area contributed by atoms with Crippen molar-refractivity contribution >= 4 is 5.97 Å². The Balaban J connectivity index is 1.93. The van der Waals surface area contributed by atoms with Crippen molar-refractivity contribution in [2.45, 2.75) is 12.8 Å². The van der Waals surface area contributed by atoms with Gasteiger partial charge in [0.2, 0.25) is 5.88 Å². The lowest BCUT2D eigenvalue weighted by atomic mass is 10.2. The Morgan fingerprint density at radius 2 is 2.00 bits per heavy atom. The van der Waals surface area contributed by atoms with Crippen molar-refractivity contribution in [3.8, 4) is 17.3 Å². The number of carboxylic acid groups (broad SMARTS) is 1. The maximum absolute atomic E-state index is 11.1. The quantitative estimate of drug-likeness (QED) is 0.904. The first kappa shape index (κ1) is 12.6. The van der Waals surface area contributed by atoms with Crippen LogP contribution in [0.4, 0.5) is 0 Å². The molecule has 1 saturated carbocycles. The molecule has 0 unspecified atom stereocenters. The van der Waals surface area contributed by atoms with Gasteiger partial charge in [0.15, 0.2) is 11.5 Å². The Hall–Kier alpha value is -2.43. The van der Waals surface area contributed by atoms with Crippen molar-refractivity contribution in [3.05, 3.63) is 42.1 Å². The zero-order valence-electron chi connectivity index (χ0n) is 10.8. The molecule has 0 saturated heterocycles. The van der Waals surface area contributed by atoms with Gasteiger partial charge in [-0.15, -0.1) is 0 Å². The van der Waals surface area contributed by atoms with Crippen LogP contribution in [0.1, 0.15) is 23.3 Å². The Morgan fingerprint density at radius 3 is 2.65 bits per heavy atom. The van der Waals surface area contributed by atoms with Crippen LogP contribution in [0, 0.1) is 5.92 Å². The molecule has 2 aromatic rings. The van der Waals surface area contributed by atoms with Crippen LogP contribution >= 0.6 is 0 Å². The maximum Gasteiger partial charge on any atom is 0.354 e. The predicted molar refractivity (Wildman–Crippen MR) is 72.6 cm³/mol. The number of carbonyl (C=O) groups is 1. The van der Waals surface area contributed by atoms with E-state index in [1.807, 2.05) is 30.3 Å². The molecule has 1 aliphatic rings. The van der Waals surface area contributed by atoms with E-state index in [4.69, 9.17) is 9.84 Å². The van der Waals surface area contributed by atoms with Gasteiger partial charge in [-0.1, -0.05) is 30.3 Å². The molecule has 0 amide bonds. The molecular weight excluding hydrogens is 256 g/mol. The molecular formula is C15H14N2O3. The molecule has 3 rings (SSSR count). The third kappa shape index (κ3) is 2.93. The number of rotatable bonds is 5. The van der Waals surface area contributed by atoms with Crippen LogP contribution in [0.25, 0.3) is 11.4 Å². The van der Waals surface area contributed by atoms with E-state index in [-0.39, 0.29) is 5.69 Å². The fraction of sp³-hybridized carbons (Fsp3) is 0.267. The summed E-state index contributed by atoms with van der Waals surface area (Å²) in [5.74, 6) is 0.193. The fourth-order valence-corrected chi connectivity index (χ4v) is 1.81. The normalized spacial score (nSPS) is 14.0. The van der Waals surface area contributed by atoms with Crippen molar-refractivity contribution in [2.75, 3.05) is 6.61 Å². The first-order valence-corrected chi connectivity index (χ1v) is 6.53. The average Bonchev–Trinajstić information content (AvgIpc) is 3.30. The Bertz CT molecular complexity index is 624. The van der Waals surface area contributed by atoms with Crippen molar-refractivity contribution in [1.82, 2.24) is 9.97 Å². The van der Waals surface area contributed by atoms with Crippen molar-refractivity contribution in [2.24, 2.45) is 5.92 Å². The second-order valence-corrected chi connectivity index (χ2v) is 4.84. The zero-order chi connectivity index (χ0) is 13.9. The molecule has 0 spiro atoms. The second kappa shape index (κ2) is 5.28. The number of ether oxygens (including phenoxy) is 1. The van der Waals surface area contributed by atoms with Gasteiger partial charge in [0.05, 0.1) is 6.61 Å². The van der Waals surface area contributed by atoms with Crippen molar-refractivity contribution in [1.29, 1.82) is 0 Å². The van der Waals surface area contributed by atoms with Crippen LogP contribution < -0.4 is 4.74 Å². The minimum absolute atomic E-state index is 0.0513. The number of benzene rings is 1. The highest BCUT2D eigenvalue weighted by atomic mass is 16.5.